The van der Waals surface area contributed by atoms with Crippen molar-refractivity contribution in [2.75, 3.05) is 14.2 Å². The highest BCUT2D eigenvalue weighted by atomic mass is 32.1. The number of fused-ring (bicyclic) bond motifs is 1. The van der Waals surface area contributed by atoms with Gasteiger partial charge in [-0.1, -0.05) is 11.3 Å². The number of aryl methyl sites for hydroxylation is 1. The zero-order valence-corrected chi connectivity index (χ0v) is 15.9. The SMILES string of the molecule is COc1cc([N+](=O)[O-])c(OC)cc1-c1nc2sc(C)nn2c1/C=N\N=C(N)N. The summed E-state index contributed by atoms with van der Waals surface area (Å²) in [4.78, 5) is 15.9. The van der Waals surface area contributed by atoms with Crippen molar-refractivity contribution >= 4 is 34.2 Å². The van der Waals surface area contributed by atoms with Gasteiger partial charge in [0.15, 0.2) is 5.75 Å². The first kappa shape index (κ1) is 19.0. The number of nitro groups is 1. The Hall–Kier alpha value is -3.74. The maximum absolute atomic E-state index is 11.3. The van der Waals surface area contributed by atoms with E-state index >= 15 is 0 Å². The molecule has 4 N–H and O–H groups in total. The third kappa shape index (κ3) is 3.42. The van der Waals surface area contributed by atoms with E-state index in [1.807, 2.05) is 6.92 Å². The van der Waals surface area contributed by atoms with Gasteiger partial charge in [-0.25, -0.2) is 9.50 Å². The fraction of sp³-hybridized carbons (Fsp3) is 0.200. The number of nitrogens with zero attached hydrogens (tertiary/aromatic N) is 6. The number of guanidine groups is 1. The highest BCUT2D eigenvalue weighted by molar-refractivity contribution is 7.16. The summed E-state index contributed by atoms with van der Waals surface area (Å²) in [6.07, 6.45) is 1.39. The van der Waals surface area contributed by atoms with Crippen molar-refractivity contribution in [3.8, 4) is 22.8 Å². The molecule has 0 fully saturated rings. The van der Waals surface area contributed by atoms with Crippen molar-refractivity contribution in [3.63, 3.8) is 0 Å². The molecule has 0 spiro atoms. The van der Waals surface area contributed by atoms with E-state index in [0.717, 1.165) is 5.01 Å². The Bertz CT molecular complexity index is 1110. The molecule has 12 nitrogen and oxygen atoms in total. The smallest absolute Gasteiger partial charge is 0.314 e. The molecule has 3 rings (SSSR count). The number of nitro benzene ring substituents is 1. The number of benzene rings is 1. The number of hydrogen-bond donors (Lipinski definition) is 2. The molecule has 0 unspecified atom stereocenters. The van der Waals surface area contributed by atoms with E-state index in [0.29, 0.717) is 21.9 Å². The number of methoxy groups -OCH3 is 2. The summed E-state index contributed by atoms with van der Waals surface area (Å²) in [6.45, 7) is 1.84. The van der Waals surface area contributed by atoms with Crippen LogP contribution in [0.1, 0.15) is 10.7 Å². The number of imidazole rings is 1. The van der Waals surface area contributed by atoms with Gasteiger partial charge in [-0.05, 0) is 6.92 Å². The lowest BCUT2D eigenvalue weighted by atomic mass is 10.1. The van der Waals surface area contributed by atoms with E-state index in [-0.39, 0.29) is 23.1 Å². The Morgan fingerprint density at radius 3 is 2.64 bits per heavy atom. The van der Waals surface area contributed by atoms with Crippen LogP contribution in [0.25, 0.3) is 16.2 Å². The van der Waals surface area contributed by atoms with Crippen molar-refractivity contribution in [3.05, 3.63) is 32.9 Å². The molecule has 0 atom stereocenters. The number of rotatable bonds is 6. The molecule has 0 amide bonds. The van der Waals surface area contributed by atoms with E-state index in [2.05, 4.69) is 20.3 Å². The molecule has 13 heteroatoms. The fourth-order valence-electron chi connectivity index (χ4n) is 2.53. The van der Waals surface area contributed by atoms with Gasteiger partial charge in [-0.3, -0.25) is 10.1 Å². The maximum Gasteiger partial charge on any atom is 0.314 e. The third-order valence-corrected chi connectivity index (χ3v) is 4.47. The first-order chi connectivity index (χ1) is 13.3. The molecule has 1 aromatic carbocycles. The summed E-state index contributed by atoms with van der Waals surface area (Å²) in [5, 5.41) is 23.9. The maximum atomic E-state index is 11.3. The average Bonchev–Trinajstić information content (AvgIpc) is 3.16. The Balaban J connectivity index is 2.28. The molecule has 0 bridgehead atoms. The van der Waals surface area contributed by atoms with Gasteiger partial charge in [0.25, 0.3) is 0 Å². The van der Waals surface area contributed by atoms with Crippen LogP contribution in [0.2, 0.25) is 0 Å². The van der Waals surface area contributed by atoms with Gasteiger partial charge in [-0.2, -0.15) is 10.2 Å². The van der Waals surface area contributed by atoms with E-state index in [1.165, 1.54) is 43.9 Å². The Labute approximate surface area is 162 Å². The summed E-state index contributed by atoms with van der Waals surface area (Å²) in [5.41, 5.74) is 11.7. The Morgan fingerprint density at radius 1 is 1.32 bits per heavy atom. The van der Waals surface area contributed by atoms with Gasteiger partial charge in [0.1, 0.15) is 22.1 Å². The third-order valence-electron chi connectivity index (χ3n) is 3.65. The topological polar surface area (TPSA) is 169 Å². The zero-order valence-electron chi connectivity index (χ0n) is 15.1. The molecule has 0 aliphatic heterocycles. The van der Waals surface area contributed by atoms with Crippen molar-refractivity contribution in [1.29, 1.82) is 0 Å². The molecular weight excluding hydrogens is 388 g/mol. The van der Waals surface area contributed by atoms with Gasteiger partial charge < -0.3 is 20.9 Å². The van der Waals surface area contributed by atoms with Crippen molar-refractivity contribution in [2.24, 2.45) is 21.7 Å². The van der Waals surface area contributed by atoms with Crippen LogP contribution in [0.15, 0.2) is 22.3 Å². The summed E-state index contributed by atoms with van der Waals surface area (Å²) in [6, 6.07) is 2.76. The van der Waals surface area contributed by atoms with Gasteiger partial charge in [0, 0.05) is 11.6 Å². The fourth-order valence-corrected chi connectivity index (χ4v) is 3.28. The number of ether oxygens (including phenoxy) is 2. The molecule has 0 aliphatic rings. The second-order valence-electron chi connectivity index (χ2n) is 5.41. The molecule has 28 heavy (non-hydrogen) atoms. The van der Waals surface area contributed by atoms with Gasteiger partial charge >= 0.3 is 5.69 Å². The molecule has 2 aromatic heterocycles. The first-order valence-corrected chi connectivity index (χ1v) is 8.56. The number of nitrogens with two attached hydrogens (primary N) is 2. The predicted molar refractivity (Wildman–Crippen MR) is 104 cm³/mol. The van der Waals surface area contributed by atoms with Crippen LogP contribution in [-0.2, 0) is 0 Å². The van der Waals surface area contributed by atoms with Crippen molar-refractivity contribution < 1.29 is 14.4 Å². The standard InChI is InChI=1S/C15H16N8O4S/c1-7-21-22-10(6-18-20-14(16)17)13(19-15(22)28-7)8-4-12(27-3)9(23(24)25)5-11(8)26-2/h4-6H,1-3H3,(H4,16,17,20)/b18-6-. The van der Waals surface area contributed by atoms with Crippen LogP contribution in [-0.4, -0.2) is 45.9 Å². The number of aromatic nitrogens is 3. The van der Waals surface area contributed by atoms with E-state index < -0.39 is 4.92 Å². The van der Waals surface area contributed by atoms with Crippen LogP contribution < -0.4 is 20.9 Å². The van der Waals surface area contributed by atoms with Crippen LogP contribution in [0, 0.1) is 17.0 Å². The average molecular weight is 404 g/mol. The minimum atomic E-state index is -0.553. The Kier molecular flexibility index (Phi) is 5.08. The summed E-state index contributed by atoms with van der Waals surface area (Å²) < 4.78 is 12.1. The van der Waals surface area contributed by atoms with Gasteiger partial charge in [0.2, 0.25) is 10.9 Å². The minimum absolute atomic E-state index is 0.0633. The predicted octanol–water partition coefficient (Wildman–Crippen LogP) is 1.30. The molecule has 3 aromatic rings. The van der Waals surface area contributed by atoms with Crippen LogP contribution >= 0.6 is 11.3 Å². The van der Waals surface area contributed by atoms with Crippen LogP contribution in [0.5, 0.6) is 11.5 Å². The van der Waals surface area contributed by atoms with E-state index in [9.17, 15) is 10.1 Å². The second-order valence-corrected chi connectivity index (χ2v) is 6.57. The van der Waals surface area contributed by atoms with E-state index in [4.69, 9.17) is 20.9 Å². The second kappa shape index (κ2) is 7.48. The van der Waals surface area contributed by atoms with Crippen molar-refractivity contribution in [1.82, 2.24) is 14.6 Å². The quantitative estimate of drug-likeness (QED) is 0.268. The van der Waals surface area contributed by atoms with E-state index in [1.54, 1.807) is 4.52 Å². The molecular formula is C15H16N8O4S. The highest BCUT2D eigenvalue weighted by Gasteiger charge is 2.25. The first-order valence-electron chi connectivity index (χ1n) is 7.74. The minimum Gasteiger partial charge on any atom is -0.496 e. The summed E-state index contributed by atoms with van der Waals surface area (Å²) in [7, 11) is 2.75. The van der Waals surface area contributed by atoms with Crippen molar-refractivity contribution in [2.45, 2.75) is 6.92 Å². The van der Waals surface area contributed by atoms with Crippen LogP contribution in [0.3, 0.4) is 0 Å². The lowest BCUT2D eigenvalue weighted by molar-refractivity contribution is -0.385. The lowest BCUT2D eigenvalue weighted by Crippen LogP contribution is -2.21. The number of hydrogen-bond acceptors (Lipinski definition) is 9. The molecule has 0 aliphatic carbocycles. The normalized spacial score (nSPS) is 11.1. The summed E-state index contributed by atoms with van der Waals surface area (Å²) >= 11 is 1.37. The monoisotopic (exact) mass is 404 g/mol. The zero-order chi connectivity index (χ0) is 20.4. The molecule has 2 heterocycles. The Morgan fingerprint density at radius 2 is 2.04 bits per heavy atom. The van der Waals surface area contributed by atoms with Gasteiger partial charge in [-0.15, -0.1) is 5.10 Å². The molecule has 0 radical (unpaired) electrons. The largest absolute Gasteiger partial charge is 0.496 e. The molecule has 0 saturated carbocycles. The van der Waals surface area contributed by atoms with Gasteiger partial charge in [0.05, 0.1) is 31.4 Å². The molecule has 146 valence electrons. The molecule has 0 saturated heterocycles. The summed E-state index contributed by atoms with van der Waals surface area (Å²) in [5.74, 6) is 0.0995. The highest BCUT2D eigenvalue weighted by Crippen LogP contribution is 2.40. The lowest BCUT2D eigenvalue weighted by Gasteiger charge is -2.10. The van der Waals surface area contributed by atoms with Crippen LogP contribution in [0.4, 0.5) is 5.69 Å².